The zero-order chi connectivity index (χ0) is 10.4. The van der Waals surface area contributed by atoms with Crippen molar-refractivity contribution in [3.8, 4) is 0 Å². The van der Waals surface area contributed by atoms with Gasteiger partial charge in [-0.15, -0.1) is 0 Å². The summed E-state index contributed by atoms with van der Waals surface area (Å²) in [5.41, 5.74) is 0. The summed E-state index contributed by atoms with van der Waals surface area (Å²) in [6.45, 7) is 4.71. The molecular weight excluding hydrogens is 214 g/mol. The Morgan fingerprint density at radius 3 is 2.80 bits per heavy atom. The lowest BCUT2D eigenvalue weighted by atomic mass is 10.0. The first-order chi connectivity index (χ1) is 6.74. The van der Waals surface area contributed by atoms with Gasteiger partial charge in [0.1, 0.15) is 0 Å². The fraction of sp³-hybridized carbons (Fsp3) is 0.909. The topological polar surface area (TPSA) is 30.7 Å². The first-order valence-corrected chi connectivity index (χ1v) is 5.65. The van der Waals surface area contributed by atoms with Crippen molar-refractivity contribution in [3.05, 3.63) is 0 Å². The Labute approximate surface area is 98.6 Å². The first-order valence-electron chi connectivity index (χ1n) is 5.65. The van der Waals surface area contributed by atoms with Crippen LogP contribution in [-0.2, 0) is 9.53 Å². The number of nitrogens with one attached hydrogen (secondary N) is 1. The van der Waals surface area contributed by atoms with Crippen LogP contribution in [0.5, 0.6) is 0 Å². The maximum atomic E-state index is 10.9. The predicted molar refractivity (Wildman–Crippen MR) is 55.3 cm³/mol. The van der Waals surface area contributed by atoms with Crippen molar-refractivity contribution in [2.45, 2.75) is 45.1 Å². The van der Waals surface area contributed by atoms with E-state index in [1.165, 1.54) is 32.9 Å². The standard InChI is InChI=1S/C11H21NO2.ClH/c1-10-6-3-4-8-12(10)9-5-7-11(13)14-2;/h10H,3-9H2,1-2H3;1H. The number of esters is 1. The molecule has 15 heavy (non-hydrogen) atoms. The monoisotopic (exact) mass is 235 g/mol. The second kappa shape index (κ2) is 7.94. The number of carbonyl (C=O) groups is 1. The number of hydrogen-bond donors (Lipinski definition) is 1. The van der Waals surface area contributed by atoms with Crippen molar-refractivity contribution in [3.63, 3.8) is 0 Å². The fourth-order valence-electron chi connectivity index (χ4n) is 2.19. The number of ether oxygens (including phenoxy) is 1. The lowest BCUT2D eigenvalue weighted by molar-refractivity contribution is -0.928. The van der Waals surface area contributed by atoms with Gasteiger partial charge in [0.25, 0.3) is 0 Å². The van der Waals surface area contributed by atoms with Gasteiger partial charge in [-0.05, 0) is 26.2 Å². The third kappa shape index (κ3) is 5.38. The summed E-state index contributed by atoms with van der Waals surface area (Å²) in [4.78, 5) is 12.6. The third-order valence-electron chi connectivity index (χ3n) is 3.19. The molecule has 0 radical (unpaired) electrons. The van der Waals surface area contributed by atoms with E-state index >= 15 is 0 Å². The van der Waals surface area contributed by atoms with E-state index in [1.807, 2.05) is 0 Å². The van der Waals surface area contributed by atoms with E-state index in [1.54, 1.807) is 4.90 Å². The van der Waals surface area contributed by atoms with Crippen LogP contribution in [0.25, 0.3) is 0 Å². The fourth-order valence-corrected chi connectivity index (χ4v) is 2.19. The van der Waals surface area contributed by atoms with E-state index in [0.717, 1.165) is 19.0 Å². The number of carbonyl (C=O) groups excluding carboxylic acids is 1. The smallest absolute Gasteiger partial charge is 0.305 e. The molecule has 2 unspecified atom stereocenters. The van der Waals surface area contributed by atoms with Gasteiger partial charge in [0.2, 0.25) is 0 Å². The lowest BCUT2D eigenvalue weighted by Gasteiger charge is -2.30. The van der Waals surface area contributed by atoms with Gasteiger partial charge in [0.05, 0.1) is 32.7 Å². The molecule has 0 aromatic carbocycles. The maximum absolute atomic E-state index is 10.9. The highest BCUT2D eigenvalue weighted by molar-refractivity contribution is 5.68. The summed E-state index contributed by atoms with van der Waals surface area (Å²) >= 11 is 0. The molecule has 1 aliphatic rings. The van der Waals surface area contributed by atoms with E-state index < -0.39 is 0 Å². The molecule has 0 spiro atoms. The highest BCUT2D eigenvalue weighted by Gasteiger charge is 2.21. The van der Waals surface area contributed by atoms with Gasteiger partial charge < -0.3 is 22.0 Å². The summed E-state index contributed by atoms with van der Waals surface area (Å²) < 4.78 is 4.62. The molecule has 0 aromatic rings. The normalized spacial score (nSPS) is 25.5. The van der Waals surface area contributed by atoms with Crippen molar-refractivity contribution in [2.24, 2.45) is 0 Å². The largest absolute Gasteiger partial charge is 1.00 e. The number of methoxy groups -OCH3 is 1. The molecule has 1 aliphatic heterocycles. The summed E-state index contributed by atoms with van der Waals surface area (Å²) in [5.74, 6) is -0.0749. The minimum Gasteiger partial charge on any atom is -1.00 e. The minimum atomic E-state index is -0.0749. The van der Waals surface area contributed by atoms with Gasteiger partial charge in [-0.3, -0.25) is 4.79 Å². The Morgan fingerprint density at radius 1 is 1.47 bits per heavy atom. The van der Waals surface area contributed by atoms with E-state index in [0.29, 0.717) is 6.42 Å². The Balaban J connectivity index is 0.00000196. The molecule has 0 aliphatic carbocycles. The molecular formula is C11H22ClNO2. The Bertz CT molecular complexity index is 187. The van der Waals surface area contributed by atoms with Crippen LogP contribution in [0.1, 0.15) is 39.0 Å². The third-order valence-corrected chi connectivity index (χ3v) is 3.19. The van der Waals surface area contributed by atoms with Crippen molar-refractivity contribution in [1.82, 2.24) is 0 Å². The van der Waals surface area contributed by atoms with Gasteiger partial charge in [0.15, 0.2) is 0 Å². The molecule has 0 aromatic heterocycles. The van der Waals surface area contributed by atoms with Crippen molar-refractivity contribution in [1.29, 1.82) is 0 Å². The van der Waals surface area contributed by atoms with E-state index in [2.05, 4.69) is 11.7 Å². The van der Waals surface area contributed by atoms with Crippen molar-refractivity contribution < 1.29 is 26.8 Å². The molecule has 90 valence electrons. The molecule has 1 heterocycles. The first kappa shape index (κ1) is 14.7. The van der Waals surface area contributed by atoms with Crippen LogP contribution < -0.4 is 17.3 Å². The zero-order valence-electron chi connectivity index (χ0n) is 9.72. The van der Waals surface area contributed by atoms with Gasteiger partial charge in [0, 0.05) is 6.42 Å². The van der Waals surface area contributed by atoms with E-state index in [-0.39, 0.29) is 18.4 Å². The average Bonchev–Trinajstić information content (AvgIpc) is 2.20. The summed E-state index contributed by atoms with van der Waals surface area (Å²) in [6.07, 6.45) is 5.60. The zero-order valence-corrected chi connectivity index (χ0v) is 10.5. The highest BCUT2D eigenvalue weighted by Crippen LogP contribution is 2.02. The summed E-state index contributed by atoms with van der Waals surface area (Å²) in [5, 5.41) is 0. The highest BCUT2D eigenvalue weighted by atomic mass is 35.5. The Hall–Kier alpha value is -0.280. The quantitative estimate of drug-likeness (QED) is 0.542. The summed E-state index contributed by atoms with van der Waals surface area (Å²) in [6, 6.07) is 0.779. The molecule has 3 nitrogen and oxygen atoms in total. The van der Waals surface area contributed by atoms with Gasteiger partial charge in [-0.1, -0.05) is 0 Å². The van der Waals surface area contributed by atoms with E-state index in [9.17, 15) is 4.79 Å². The molecule has 0 saturated carbocycles. The molecule has 2 atom stereocenters. The SMILES string of the molecule is COC(=O)CCC[NH+]1CCCCC1C.[Cl-]. The van der Waals surface area contributed by atoms with E-state index in [4.69, 9.17) is 0 Å². The lowest BCUT2D eigenvalue weighted by Crippen LogP contribution is -3.16. The molecule has 1 rings (SSSR count). The molecule has 1 saturated heterocycles. The van der Waals surface area contributed by atoms with Crippen LogP contribution >= 0.6 is 0 Å². The maximum Gasteiger partial charge on any atom is 0.305 e. The van der Waals surface area contributed by atoms with Crippen molar-refractivity contribution >= 4 is 5.97 Å². The molecule has 1 fully saturated rings. The number of quaternary nitrogens is 1. The van der Waals surface area contributed by atoms with Crippen LogP contribution in [0.3, 0.4) is 0 Å². The van der Waals surface area contributed by atoms with Crippen LogP contribution in [0.15, 0.2) is 0 Å². The number of hydrogen-bond acceptors (Lipinski definition) is 2. The number of rotatable bonds is 4. The number of halogens is 1. The van der Waals surface area contributed by atoms with Crippen LogP contribution in [0, 0.1) is 0 Å². The molecule has 1 N–H and O–H groups in total. The molecule has 0 bridgehead atoms. The predicted octanol–water partition coefficient (Wildman–Crippen LogP) is -2.60. The Morgan fingerprint density at radius 2 is 2.20 bits per heavy atom. The second-order valence-electron chi connectivity index (χ2n) is 4.23. The molecule has 4 heteroatoms. The summed E-state index contributed by atoms with van der Waals surface area (Å²) in [7, 11) is 1.46. The minimum absolute atomic E-state index is 0. The van der Waals surface area contributed by atoms with Crippen LogP contribution in [-0.4, -0.2) is 32.2 Å². The van der Waals surface area contributed by atoms with Crippen molar-refractivity contribution in [2.75, 3.05) is 20.2 Å². The van der Waals surface area contributed by atoms with Gasteiger partial charge in [-0.25, -0.2) is 0 Å². The number of piperidine rings is 1. The van der Waals surface area contributed by atoms with Gasteiger partial charge >= 0.3 is 5.97 Å². The van der Waals surface area contributed by atoms with Gasteiger partial charge in [-0.2, -0.15) is 0 Å². The number of likely N-dealkylation sites (tertiary alicyclic amines) is 1. The Kier molecular flexibility index (Phi) is 7.79. The second-order valence-corrected chi connectivity index (χ2v) is 4.23. The molecule has 0 amide bonds. The average molecular weight is 236 g/mol. The van der Waals surface area contributed by atoms with Crippen LogP contribution in [0.4, 0.5) is 0 Å². The van der Waals surface area contributed by atoms with Crippen LogP contribution in [0.2, 0.25) is 0 Å².